The molecule has 1 N–H and O–H groups in total. The van der Waals surface area contributed by atoms with Crippen molar-refractivity contribution in [3.8, 4) is 5.69 Å². The summed E-state index contributed by atoms with van der Waals surface area (Å²) in [6.07, 6.45) is 0.682. The molecule has 2 unspecified atom stereocenters. The molecule has 1 fully saturated rings. The Balaban J connectivity index is 1.68. The largest absolute Gasteiger partial charge is 0.481 e. The molecule has 1 aliphatic heterocycles. The predicted molar refractivity (Wildman–Crippen MR) is 91.3 cm³/mol. The quantitative estimate of drug-likeness (QED) is 0.913. The van der Waals surface area contributed by atoms with Gasteiger partial charge in [-0.3, -0.25) is 9.59 Å². The van der Waals surface area contributed by atoms with Gasteiger partial charge in [0.25, 0.3) is 0 Å². The van der Waals surface area contributed by atoms with Crippen LogP contribution >= 0.6 is 0 Å². The number of aliphatic carboxylic acids is 1. The highest BCUT2D eigenvalue weighted by Crippen LogP contribution is 2.24. The van der Waals surface area contributed by atoms with Gasteiger partial charge in [0.1, 0.15) is 0 Å². The molecule has 2 atom stereocenters. The van der Waals surface area contributed by atoms with Crippen molar-refractivity contribution < 1.29 is 14.7 Å². The number of carbonyl (C=O) groups excluding carboxylic acids is 1. The molecule has 25 heavy (non-hydrogen) atoms. The van der Waals surface area contributed by atoms with Gasteiger partial charge in [-0.25, -0.2) is 4.68 Å². The third-order valence-electron chi connectivity index (χ3n) is 4.88. The Morgan fingerprint density at radius 3 is 2.64 bits per heavy atom. The number of aromatic nitrogens is 3. The lowest BCUT2D eigenvalue weighted by Crippen LogP contribution is -2.45. The Morgan fingerprint density at radius 2 is 2.00 bits per heavy atom. The van der Waals surface area contributed by atoms with Crippen molar-refractivity contribution in [1.29, 1.82) is 0 Å². The van der Waals surface area contributed by atoms with Gasteiger partial charge < -0.3 is 10.0 Å². The number of carbonyl (C=O) groups is 2. The summed E-state index contributed by atoms with van der Waals surface area (Å²) < 4.78 is 1.72. The fourth-order valence-corrected chi connectivity index (χ4v) is 3.33. The summed E-state index contributed by atoms with van der Waals surface area (Å²) in [7, 11) is 0. The molecule has 1 saturated heterocycles. The number of likely N-dealkylation sites (tertiary alicyclic amines) is 1. The molecular formula is C18H22N4O3. The van der Waals surface area contributed by atoms with Gasteiger partial charge in [0.2, 0.25) is 5.91 Å². The minimum atomic E-state index is -0.777. The minimum Gasteiger partial charge on any atom is -0.481 e. The molecule has 3 rings (SSSR count). The molecule has 7 nitrogen and oxygen atoms in total. The van der Waals surface area contributed by atoms with E-state index in [0.717, 1.165) is 11.4 Å². The van der Waals surface area contributed by atoms with Crippen LogP contribution in [-0.4, -0.2) is 50.0 Å². The molecule has 0 bridgehead atoms. The number of amides is 1. The first-order valence-corrected chi connectivity index (χ1v) is 8.44. The summed E-state index contributed by atoms with van der Waals surface area (Å²) >= 11 is 0. The van der Waals surface area contributed by atoms with Crippen molar-refractivity contribution >= 4 is 11.9 Å². The molecule has 1 aliphatic rings. The second kappa shape index (κ2) is 7.04. The number of rotatable bonds is 4. The van der Waals surface area contributed by atoms with Crippen LogP contribution in [0.1, 0.15) is 24.7 Å². The third-order valence-corrected chi connectivity index (χ3v) is 4.88. The first-order chi connectivity index (χ1) is 12.0. The second-order valence-electron chi connectivity index (χ2n) is 6.60. The smallest absolute Gasteiger partial charge is 0.306 e. The van der Waals surface area contributed by atoms with Crippen LogP contribution in [0.2, 0.25) is 0 Å². The summed E-state index contributed by atoms with van der Waals surface area (Å²) in [6.45, 7) is 4.73. The van der Waals surface area contributed by atoms with Gasteiger partial charge in [-0.2, -0.15) is 0 Å². The van der Waals surface area contributed by atoms with Crippen LogP contribution in [0.25, 0.3) is 5.69 Å². The number of piperidine rings is 1. The average molecular weight is 342 g/mol. The molecule has 0 radical (unpaired) electrons. The van der Waals surface area contributed by atoms with Gasteiger partial charge in [0.05, 0.1) is 29.4 Å². The summed E-state index contributed by atoms with van der Waals surface area (Å²) in [5.41, 5.74) is 2.40. The highest BCUT2D eigenvalue weighted by Gasteiger charge is 2.33. The zero-order valence-corrected chi connectivity index (χ0v) is 14.4. The second-order valence-corrected chi connectivity index (χ2v) is 6.60. The SMILES string of the molecule is Cc1c(CC(=O)N2CCC(C(=O)O)C(C)C2)nnn1-c1ccccc1. The van der Waals surface area contributed by atoms with Crippen LogP contribution in [0.15, 0.2) is 30.3 Å². The topological polar surface area (TPSA) is 88.3 Å². The molecular weight excluding hydrogens is 320 g/mol. The van der Waals surface area contributed by atoms with Crippen molar-refractivity contribution in [3.63, 3.8) is 0 Å². The lowest BCUT2D eigenvalue weighted by atomic mass is 9.87. The number of nitrogens with zero attached hydrogens (tertiary/aromatic N) is 4. The lowest BCUT2D eigenvalue weighted by Gasteiger charge is -2.34. The summed E-state index contributed by atoms with van der Waals surface area (Å²) in [5, 5.41) is 17.5. The van der Waals surface area contributed by atoms with E-state index in [4.69, 9.17) is 0 Å². The fraction of sp³-hybridized carbons (Fsp3) is 0.444. The maximum Gasteiger partial charge on any atom is 0.306 e. The molecule has 0 spiro atoms. The number of carboxylic acids is 1. The Morgan fingerprint density at radius 1 is 1.28 bits per heavy atom. The zero-order chi connectivity index (χ0) is 18.0. The molecule has 1 aromatic heterocycles. The zero-order valence-electron chi connectivity index (χ0n) is 14.4. The first-order valence-electron chi connectivity index (χ1n) is 8.44. The van der Waals surface area contributed by atoms with Gasteiger partial charge in [-0.1, -0.05) is 30.3 Å². The van der Waals surface area contributed by atoms with E-state index < -0.39 is 5.97 Å². The van der Waals surface area contributed by atoms with Crippen LogP contribution in [0.4, 0.5) is 0 Å². The predicted octanol–water partition coefficient (Wildman–Crippen LogP) is 1.69. The highest BCUT2D eigenvalue weighted by molar-refractivity contribution is 5.79. The van der Waals surface area contributed by atoms with E-state index in [1.165, 1.54) is 0 Å². The standard InChI is InChI=1S/C18H22N4O3/c1-12-11-21(9-8-15(12)18(24)25)17(23)10-16-13(2)22(20-19-16)14-6-4-3-5-7-14/h3-7,12,15H,8-11H2,1-2H3,(H,24,25). The number of para-hydroxylation sites is 1. The number of benzene rings is 1. The van der Waals surface area contributed by atoms with E-state index in [0.29, 0.717) is 25.2 Å². The maximum atomic E-state index is 12.6. The Bertz CT molecular complexity index is 772. The van der Waals surface area contributed by atoms with Crippen LogP contribution < -0.4 is 0 Å². The normalized spacial score (nSPS) is 20.5. The Labute approximate surface area is 146 Å². The number of hydrogen-bond donors (Lipinski definition) is 1. The maximum absolute atomic E-state index is 12.6. The third kappa shape index (κ3) is 3.55. The van der Waals surface area contributed by atoms with Gasteiger partial charge >= 0.3 is 5.97 Å². The van der Waals surface area contributed by atoms with Gasteiger partial charge in [-0.05, 0) is 31.4 Å². The molecule has 1 aromatic carbocycles. The molecule has 2 aromatic rings. The minimum absolute atomic E-state index is 0.0288. The Hall–Kier alpha value is -2.70. The van der Waals surface area contributed by atoms with Crippen molar-refractivity contribution in [2.75, 3.05) is 13.1 Å². The van der Waals surface area contributed by atoms with Crippen molar-refractivity contribution in [3.05, 3.63) is 41.7 Å². The van der Waals surface area contributed by atoms with E-state index in [1.54, 1.807) is 9.58 Å². The number of carboxylic acid groups (broad SMARTS) is 1. The molecule has 0 saturated carbocycles. The van der Waals surface area contributed by atoms with Gasteiger partial charge in [0, 0.05) is 13.1 Å². The van der Waals surface area contributed by atoms with Crippen LogP contribution in [0.5, 0.6) is 0 Å². The van der Waals surface area contributed by atoms with Crippen molar-refractivity contribution in [2.45, 2.75) is 26.7 Å². The molecule has 2 heterocycles. The van der Waals surface area contributed by atoms with E-state index in [9.17, 15) is 14.7 Å². The summed E-state index contributed by atoms with van der Waals surface area (Å²) in [4.78, 5) is 25.5. The van der Waals surface area contributed by atoms with Crippen molar-refractivity contribution in [2.24, 2.45) is 11.8 Å². The fourth-order valence-electron chi connectivity index (χ4n) is 3.33. The van der Waals surface area contributed by atoms with Crippen LogP contribution in [0.3, 0.4) is 0 Å². The molecule has 132 valence electrons. The van der Waals surface area contributed by atoms with E-state index in [-0.39, 0.29) is 24.2 Å². The van der Waals surface area contributed by atoms with Crippen LogP contribution in [-0.2, 0) is 16.0 Å². The van der Waals surface area contributed by atoms with E-state index in [2.05, 4.69) is 10.3 Å². The van der Waals surface area contributed by atoms with E-state index in [1.807, 2.05) is 44.2 Å². The molecule has 1 amide bonds. The van der Waals surface area contributed by atoms with E-state index >= 15 is 0 Å². The van der Waals surface area contributed by atoms with Crippen molar-refractivity contribution in [1.82, 2.24) is 19.9 Å². The first kappa shape index (κ1) is 17.1. The van der Waals surface area contributed by atoms with Gasteiger partial charge in [-0.15, -0.1) is 5.10 Å². The monoisotopic (exact) mass is 342 g/mol. The highest BCUT2D eigenvalue weighted by atomic mass is 16.4. The molecule has 7 heteroatoms. The average Bonchev–Trinajstić information content (AvgIpc) is 2.96. The summed E-state index contributed by atoms with van der Waals surface area (Å²) in [5.74, 6) is -1.22. The summed E-state index contributed by atoms with van der Waals surface area (Å²) in [6, 6.07) is 9.66. The van der Waals surface area contributed by atoms with Crippen LogP contribution in [0, 0.1) is 18.8 Å². The molecule has 0 aliphatic carbocycles. The number of hydrogen-bond acceptors (Lipinski definition) is 4. The Kier molecular flexibility index (Phi) is 4.83. The lowest BCUT2D eigenvalue weighted by molar-refractivity contribution is -0.148. The van der Waals surface area contributed by atoms with Gasteiger partial charge in [0.15, 0.2) is 0 Å².